The number of carbonyl (C=O) groups is 1. The first-order chi connectivity index (χ1) is 12.2. The van der Waals surface area contributed by atoms with Gasteiger partial charge < -0.3 is 25.4 Å². The topological polar surface area (TPSA) is 84.0 Å². The van der Waals surface area contributed by atoms with Crippen molar-refractivity contribution in [2.24, 2.45) is 4.99 Å². The standard InChI is InChI=1S/C18H30N4O3/c1-4-15-7-5-8-16(13-15)22-17(23)14-21-18(19-2)20-9-6-10-25-12-11-24-3/h5,7-8,13H,4,6,9-12,14H2,1-3H3,(H,22,23)(H2,19,20,21). The van der Waals surface area contributed by atoms with Crippen molar-refractivity contribution in [2.75, 3.05) is 52.4 Å². The van der Waals surface area contributed by atoms with Crippen LogP contribution in [0.25, 0.3) is 0 Å². The zero-order chi connectivity index (χ0) is 18.3. The molecule has 0 aliphatic carbocycles. The van der Waals surface area contributed by atoms with Crippen LogP contribution in [0.1, 0.15) is 18.9 Å². The van der Waals surface area contributed by atoms with Crippen molar-refractivity contribution in [1.29, 1.82) is 0 Å². The van der Waals surface area contributed by atoms with E-state index in [1.807, 2.05) is 24.3 Å². The van der Waals surface area contributed by atoms with Crippen LogP contribution in [-0.2, 0) is 20.7 Å². The molecule has 1 amide bonds. The smallest absolute Gasteiger partial charge is 0.243 e. The van der Waals surface area contributed by atoms with Crippen molar-refractivity contribution in [3.63, 3.8) is 0 Å². The van der Waals surface area contributed by atoms with Crippen molar-refractivity contribution in [2.45, 2.75) is 19.8 Å². The molecule has 0 unspecified atom stereocenters. The molecule has 0 fully saturated rings. The molecular formula is C18H30N4O3. The first-order valence-electron chi connectivity index (χ1n) is 8.59. The Kier molecular flexibility index (Phi) is 11.0. The highest BCUT2D eigenvalue weighted by Crippen LogP contribution is 2.10. The summed E-state index contributed by atoms with van der Waals surface area (Å²) < 4.78 is 10.3. The minimum Gasteiger partial charge on any atom is -0.382 e. The second-order valence-corrected chi connectivity index (χ2v) is 5.41. The van der Waals surface area contributed by atoms with E-state index in [9.17, 15) is 4.79 Å². The summed E-state index contributed by atoms with van der Waals surface area (Å²) in [6.07, 6.45) is 1.79. The predicted octanol–water partition coefficient (Wildman–Crippen LogP) is 1.41. The highest BCUT2D eigenvalue weighted by molar-refractivity contribution is 5.95. The number of benzene rings is 1. The molecule has 1 aromatic carbocycles. The predicted molar refractivity (Wildman–Crippen MR) is 101 cm³/mol. The Labute approximate surface area is 150 Å². The Hall–Kier alpha value is -2.12. The van der Waals surface area contributed by atoms with E-state index in [1.165, 1.54) is 5.56 Å². The second-order valence-electron chi connectivity index (χ2n) is 5.41. The third-order valence-corrected chi connectivity index (χ3v) is 3.45. The Morgan fingerprint density at radius 3 is 2.76 bits per heavy atom. The molecule has 0 aliphatic heterocycles. The van der Waals surface area contributed by atoms with Gasteiger partial charge in [-0.05, 0) is 30.5 Å². The van der Waals surface area contributed by atoms with Gasteiger partial charge in [0.1, 0.15) is 0 Å². The molecule has 0 radical (unpaired) electrons. The van der Waals surface area contributed by atoms with Crippen LogP contribution in [0.5, 0.6) is 0 Å². The molecule has 1 aromatic rings. The van der Waals surface area contributed by atoms with Crippen molar-refractivity contribution in [3.8, 4) is 0 Å². The van der Waals surface area contributed by atoms with Crippen LogP contribution in [0.3, 0.4) is 0 Å². The van der Waals surface area contributed by atoms with Crippen LogP contribution in [0.2, 0.25) is 0 Å². The Bertz CT molecular complexity index is 535. The highest BCUT2D eigenvalue weighted by atomic mass is 16.5. The first-order valence-corrected chi connectivity index (χ1v) is 8.59. The molecule has 7 nitrogen and oxygen atoms in total. The lowest BCUT2D eigenvalue weighted by molar-refractivity contribution is -0.115. The molecule has 140 valence electrons. The average Bonchev–Trinajstić information content (AvgIpc) is 2.63. The molecule has 0 aliphatic rings. The zero-order valence-corrected chi connectivity index (χ0v) is 15.4. The third-order valence-electron chi connectivity index (χ3n) is 3.45. The maximum Gasteiger partial charge on any atom is 0.243 e. The number of nitrogens with zero attached hydrogens (tertiary/aromatic N) is 1. The summed E-state index contributed by atoms with van der Waals surface area (Å²) in [5, 5.41) is 9.02. The summed E-state index contributed by atoms with van der Waals surface area (Å²) in [4.78, 5) is 16.1. The van der Waals surface area contributed by atoms with Gasteiger partial charge in [-0.15, -0.1) is 0 Å². The average molecular weight is 350 g/mol. The van der Waals surface area contributed by atoms with Gasteiger partial charge in [0, 0.05) is 33.0 Å². The van der Waals surface area contributed by atoms with E-state index in [0.29, 0.717) is 32.3 Å². The van der Waals surface area contributed by atoms with Gasteiger partial charge in [-0.2, -0.15) is 0 Å². The number of aliphatic imine (C=N–C) groups is 1. The molecule has 0 bridgehead atoms. The number of rotatable bonds is 11. The van der Waals surface area contributed by atoms with Gasteiger partial charge in [0.2, 0.25) is 5.91 Å². The van der Waals surface area contributed by atoms with E-state index in [0.717, 1.165) is 18.5 Å². The Balaban J connectivity index is 2.21. The van der Waals surface area contributed by atoms with Crippen LogP contribution in [0.15, 0.2) is 29.3 Å². The minimum atomic E-state index is -0.112. The zero-order valence-electron chi connectivity index (χ0n) is 15.4. The molecule has 0 aromatic heterocycles. The molecule has 0 saturated heterocycles. The van der Waals surface area contributed by atoms with E-state index in [-0.39, 0.29) is 12.5 Å². The van der Waals surface area contributed by atoms with Crippen LogP contribution >= 0.6 is 0 Å². The van der Waals surface area contributed by atoms with Crippen molar-refractivity contribution >= 4 is 17.6 Å². The molecule has 0 saturated carbocycles. The van der Waals surface area contributed by atoms with Gasteiger partial charge in [0.05, 0.1) is 19.8 Å². The normalized spacial score (nSPS) is 11.2. The Morgan fingerprint density at radius 1 is 1.20 bits per heavy atom. The van der Waals surface area contributed by atoms with Gasteiger partial charge in [0.25, 0.3) is 0 Å². The fourth-order valence-electron chi connectivity index (χ4n) is 2.08. The summed E-state index contributed by atoms with van der Waals surface area (Å²) in [5.74, 6) is 0.480. The van der Waals surface area contributed by atoms with E-state index in [1.54, 1.807) is 14.2 Å². The fraction of sp³-hybridized carbons (Fsp3) is 0.556. The lowest BCUT2D eigenvalue weighted by atomic mass is 10.1. The summed E-state index contributed by atoms with van der Waals surface area (Å²) in [6.45, 7) is 4.81. The maximum atomic E-state index is 12.0. The number of carbonyl (C=O) groups excluding carboxylic acids is 1. The molecule has 7 heteroatoms. The summed E-state index contributed by atoms with van der Waals surface area (Å²) in [7, 11) is 3.32. The number of hydrogen-bond acceptors (Lipinski definition) is 4. The number of methoxy groups -OCH3 is 1. The highest BCUT2D eigenvalue weighted by Gasteiger charge is 2.04. The number of hydrogen-bond donors (Lipinski definition) is 3. The van der Waals surface area contributed by atoms with Gasteiger partial charge in [0.15, 0.2) is 5.96 Å². The van der Waals surface area contributed by atoms with Crippen molar-refractivity contribution in [1.82, 2.24) is 10.6 Å². The van der Waals surface area contributed by atoms with Crippen LogP contribution in [0, 0.1) is 0 Å². The van der Waals surface area contributed by atoms with Crippen molar-refractivity contribution < 1.29 is 14.3 Å². The van der Waals surface area contributed by atoms with E-state index in [2.05, 4.69) is 27.9 Å². The van der Waals surface area contributed by atoms with E-state index in [4.69, 9.17) is 9.47 Å². The maximum absolute atomic E-state index is 12.0. The van der Waals surface area contributed by atoms with E-state index >= 15 is 0 Å². The number of nitrogens with one attached hydrogen (secondary N) is 3. The lowest BCUT2D eigenvalue weighted by Crippen LogP contribution is -2.41. The van der Waals surface area contributed by atoms with Gasteiger partial charge in [-0.3, -0.25) is 9.79 Å². The molecular weight excluding hydrogens is 320 g/mol. The van der Waals surface area contributed by atoms with Gasteiger partial charge in [-0.1, -0.05) is 19.1 Å². The monoisotopic (exact) mass is 350 g/mol. The molecule has 0 spiro atoms. The van der Waals surface area contributed by atoms with E-state index < -0.39 is 0 Å². The molecule has 1 rings (SSSR count). The number of anilines is 1. The summed E-state index contributed by atoms with van der Waals surface area (Å²) >= 11 is 0. The van der Waals surface area contributed by atoms with Crippen molar-refractivity contribution in [3.05, 3.63) is 29.8 Å². The SMILES string of the molecule is CCc1cccc(NC(=O)CNC(=NC)NCCCOCCOC)c1. The number of ether oxygens (including phenoxy) is 2. The summed E-state index contributed by atoms with van der Waals surface area (Å²) in [5.41, 5.74) is 2.00. The van der Waals surface area contributed by atoms with Gasteiger partial charge in [-0.25, -0.2) is 0 Å². The molecule has 25 heavy (non-hydrogen) atoms. The summed E-state index contributed by atoms with van der Waals surface area (Å²) in [6, 6.07) is 7.85. The molecule has 0 heterocycles. The quantitative estimate of drug-likeness (QED) is 0.319. The van der Waals surface area contributed by atoms with Gasteiger partial charge >= 0.3 is 0 Å². The molecule has 3 N–H and O–H groups in total. The van der Waals surface area contributed by atoms with Crippen LogP contribution in [-0.4, -0.2) is 58.9 Å². The number of aryl methyl sites for hydroxylation is 1. The fourth-order valence-corrected chi connectivity index (χ4v) is 2.08. The van der Waals surface area contributed by atoms with Crippen LogP contribution in [0.4, 0.5) is 5.69 Å². The molecule has 0 atom stereocenters. The number of guanidine groups is 1. The second kappa shape index (κ2) is 13.2. The first kappa shape index (κ1) is 20.9. The lowest BCUT2D eigenvalue weighted by Gasteiger charge is -2.12. The minimum absolute atomic E-state index is 0.112. The number of amides is 1. The largest absolute Gasteiger partial charge is 0.382 e. The van der Waals surface area contributed by atoms with Crippen LogP contribution < -0.4 is 16.0 Å². The Morgan fingerprint density at radius 2 is 2.04 bits per heavy atom. The third kappa shape index (κ3) is 9.69.